The quantitative estimate of drug-likeness (QED) is 0.678. The fourth-order valence-corrected chi connectivity index (χ4v) is 2.00. The molecule has 0 fully saturated rings. The van der Waals surface area contributed by atoms with Gasteiger partial charge in [-0.05, 0) is 42.3 Å². The molecule has 0 saturated heterocycles. The zero-order valence-electron chi connectivity index (χ0n) is 12.5. The summed E-state index contributed by atoms with van der Waals surface area (Å²) in [5.41, 5.74) is 5.09. The summed E-state index contributed by atoms with van der Waals surface area (Å²) in [6.45, 7) is 1.83. The van der Waals surface area contributed by atoms with Crippen molar-refractivity contribution in [3.05, 3.63) is 64.7 Å². The van der Waals surface area contributed by atoms with E-state index in [4.69, 9.17) is 16.3 Å². The summed E-state index contributed by atoms with van der Waals surface area (Å²) in [7, 11) is 1.61. The van der Waals surface area contributed by atoms with Gasteiger partial charge in [-0.1, -0.05) is 35.9 Å². The van der Waals surface area contributed by atoms with Gasteiger partial charge in [-0.15, -0.1) is 0 Å². The maximum Gasteiger partial charge on any atom is 0.244 e. The minimum atomic E-state index is -0.168. The first-order valence-corrected chi connectivity index (χ1v) is 7.18. The normalized spacial score (nSPS) is 11.1. The molecule has 0 spiro atoms. The average molecular weight is 317 g/mol. The molecule has 2 aromatic rings. The minimum Gasteiger partial charge on any atom is -0.497 e. The standard InChI is InChI=1S/C17H17ClN2O2/c1-12(14-5-7-15(18)8-6-14)19-20-17(21)11-13-3-9-16(22-2)10-4-13/h3-10H,11H2,1-2H3,(H,20,21)/b19-12+. The van der Waals surface area contributed by atoms with Crippen LogP contribution in [0.4, 0.5) is 0 Å². The predicted octanol–water partition coefficient (Wildman–Crippen LogP) is 3.43. The molecule has 1 N–H and O–H groups in total. The highest BCUT2D eigenvalue weighted by Gasteiger charge is 2.04. The zero-order chi connectivity index (χ0) is 15.9. The Hall–Kier alpha value is -2.33. The van der Waals surface area contributed by atoms with Crippen molar-refractivity contribution in [2.24, 2.45) is 5.10 Å². The first kappa shape index (κ1) is 16.0. The minimum absolute atomic E-state index is 0.168. The number of nitrogens with one attached hydrogen (secondary N) is 1. The van der Waals surface area contributed by atoms with Crippen LogP contribution < -0.4 is 10.2 Å². The van der Waals surface area contributed by atoms with Crippen molar-refractivity contribution >= 4 is 23.2 Å². The molecule has 4 nitrogen and oxygen atoms in total. The highest BCUT2D eigenvalue weighted by atomic mass is 35.5. The Morgan fingerprint density at radius 3 is 2.36 bits per heavy atom. The number of halogens is 1. The van der Waals surface area contributed by atoms with Gasteiger partial charge >= 0.3 is 0 Å². The van der Waals surface area contributed by atoms with Gasteiger partial charge in [-0.3, -0.25) is 4.79 Å². The zero-order valence-corrected chi connectivity index (χ0v) is 13.2. The Balaban J connectivity index is 1.93. The van der Waals surface area contributed by atoms with E-state index < -0.39 is 0 Å². The molecule has 0 aliphatic carbocycles. The summed E-state index contributed by atoms with van der Waals surface area (Å²) >= 11 is 5.84. The smallest absolute Gasteiger partial charge is 0.244 e. The van der Waals surface area contributed by atoms with Crippen LogP contribution in [0.3, 0.4) is 0 Å². The summed E-state index contributed by atoms with van der Waals surface area (Å²) in [6, 6.07) is 14.6. The van der Waals surface area contributed by atoms with Gasteiger partial charge in [-0.25, -0.2) is 5.43 Å². The molecule has 0 heterocycles. The van der Waals surface area contributed by atoms with Gasteiger partial charge in [0.1, 0.15) is 5.75 Å². The van der Waals surface area contributed by atoms with Crippen LogP contribution in [0.2, 0.25) is 5.02 Å². The summed E-state index contributed by atoms with van der Waals surface area (Å²) in [6.07, 6.45) is 0.265. The molecule has 2 rings (SSSR count). The maximum atomic E-state index is 11.9. The van der Waals surface area contributed by atoms with Gasteiger partial charge in [0.2, 0.25) is 5.91 Å². The maximum absolute atomic E-state index is 11.9. The van der Waals surface area contributed by atoms with Crippen molar-refractivity contribution in [3.63, 3.8) is 0 Å². The number of hydrazone groups is 1. The van der Waals surface area contributed by atoms with E-state index in [1.807, 2.05) is 43.3 Å². The molecular weight excluding hydrogens is 300 g/mol. The largest absolute Gasteiger partial charge is 0.497 e. The number of carbonyl (C=O) groups is 1. The SMILES string of the molecule is COc1ccc(CC(=O)N/N=C(\C)c2ccc(Cl)cc2)cc1. The van der Waals surface area contributed by atoms with Crippen LogP contribution >= 0.6 is 11.6 Å². The van der Waals surface area contributed by atoms with E-state index in [1.165, 1.54) is 0 Å². The van der Waals surface area contributed by atoms with Crippen molar-refractivity contribution in [1.82, 2.24) is 5.43 Å². The van der Waals surface area contributed by atoms with Crippen LogP contribution in [0.25, 0.3) is 0 Å². The Bertz CT molecular complexity index is 664. The van der Waals surface area contributed by atoms with E-state index in [9.17, 15) is 4.79 Å². The number of ether oxygens (including phenoxy) is 1. The number of rotatable bonds is 5. The van der Waals surface area contributed by atoms with Gasteiger partial charge in [0.25, 0.3) is 0 Å². The summed E-state index contributed by atoms with van der Waals surface area (Å²) in [4.78, 5) is 11.9. The fraction of sp³-hybridized carbons (Fsp3) is 0.176. The molecule has 114 valence electrons. The number of hydrogen-bond acceptors (Lipinski definition) is 3. The van der Waals surface area contributed by atoms with Gasteiger partial charge in [0.15, 0.2) is 0 Å². The molecule has 0 atom stereocenters. The van der Waals surface area contributed by atoms with E-state index in [1.54, 1.807) is 19.2 Å². The van der Waals surface area contributed by atoms with Crippen molar-refractivity contribution in [1.29, 1.82) is 0 Å². The molecule has 0 bridgehead atoms. The Morgan fingerprint density at radius 1 is 1.14 bits per heavy atom. The van der Waals surface area contributed by atoms with Gasteiger partial charge in [0.05, 0.1) is 19.2 Å². The lowest BCUT2D eigenvalue weighted by atomic mass is 10.1. The Kier molecular flexibility index (Phi) is 5.55. The number of benzene rings is 2. The molecule has 1 amide bonds. The van der Waals surface area contributed by atoms with Crippen molar-refractivity contribution in [3.8, 4) is 5.75 Å². The predicted molar refractivity (Wildman–Crippen MR) is 88.5 cm³/mol. The third kappa shape index (κ3) is 4.60. The van der Waals surface area contributed by atoms with Gasteiger partial charge < -0.3 is 4.74 Å². The molecule has 0 aliphatic rings. The van der Waals surface area contributed by atoms with E-state index in [-0.39, 0.29) is 12.3 Å². The summed E-state index contributed by atoms with van der Waals surface area (Å²) < 4.78 is 5.08. The summed E-state index contributed by atoms with van der Waals surface area (Å²) in [5.74, 6) is 0.597. The van der Waals surface area contributed by atoms with Gasteiger partial charge in [-0.2, -0.15) is 5.10 Å². The molecule has 5 heteroatoms. The van der Waals surface area contributed by atoms with E-state index in [0.29, 0.717) is 5.02 Å². The number of hydrogen-bond donors (Lipinski definition) is 1. The molecule has 0 unspecified atom stereocenters. The average Bonchev–Trinajstić information content (AvgIpc) is 2.54. The fourth-order valence-electron chi connectivity index (χ4n) is 1.87. The van der Waals surface area contributed by atoms with Crippen LogP contribution in [0, 0.1) is 0 Å². The number of amides is 1. The van der Waals surface area contributed by atoms with E-state index in [0.717, 1.165) is 22.6 Å². The van der Waals surface area contributed by atoms with Crippen LogP contribution in [0.1, 0.15) is 18.1 Å². The molecule has 0 aromatic heterocycles. The summed E-state index contributed by atoms with van der Waals surface area (Å²) in [5, 5.41) is 4.77. The van der Waals surface area contributed by atoms with E-state index in [2.05, 4.69) is 10.5 Å². The van der Waals surface area contributed by atoms with Crippen molar-refractivity contribution < 1.29 is 9.53 Å². The Morgan fingerprint density at radius 2 is 1.77 bits per heavy atom. The lowest BCUT2D eigenvalue weighted by molar-refractivity contribution is -0.120. The molecule has 0 aliphatic heterocycles. The third-order valence-electron chi connectivity index (χ3n) is 3.13. The second-order valence-electron chi connectivity index (χ2n) is 4.76. The highest BCUT2D eigenvalue weighted by molar-refractivity contribution is 6.30. The number of carbonyl (C=O) groups excluding carboxylic acids is 1. The lowest BCUT2D eigenvalue weighted by Gasteiger charge is -2.04. The highest BCUT2D eigenvalue weighted by Crippen LogP contribution is 2.12. The van der Waals surface area contributed by atoms with Crippen molar-refractivity contribution in [2.45, 2.75) is 13.3 Å². The monoisotopic (exact) mass is 316 g/mol. The van der Waals surface area contributed by atoms with Crippen LogP contribution in [0.5, 0.6) is 5.75 Å². The first-order chi connectivity index (χ1) is 10.6. The molecule has 2 aromatic carbocycles. The molecule has 22 heavy (non-hydrogen) atoms. The first-order valence-electron chi connectivity index (χ1n) is 6.80. The van der Waals surface area contributed by atoms with E-state index >= 15 is 0 Å². The van der Waals surface area contributed by atoms with Crippen LogP contribution in [-0.4, -0.2) is 18.7 Å². The second-order valence-corrected chi connectivity index (χ2v) is 5.20. The Labute approximate surface area is 134 Å². The topological polar surface area (TPSA) is 50.7 Å². The molecule has 0 saturated carbocycles. The molecular formula is C17H17ClN2O2. The third-order valence-corrected chi connectivity index (χ3v) is 3.39. The second kappa shape index (κ2) is 7.61. The lowest BCUT2D eigenvalue weighted by Crippen LogP contribution is -2.21. The van der Waals surface area contributed by atoms with Crippen LogP contribution in [0.15, 0.2) is 53.6 Å². The molecule has 0 radical (unpaired) electrons. The number of nitrogens with zero attached hydrogens (tertiary/aromatic N) is 1. The van der Waals surface area contributed by atoms with Crippen molar-refractivity contribution in [2.75, 3.05) is 7.11 Å². The van der Waals surface area contributed by atoms with Crippen LogP contribution in [-0.2, 0) is 11.2 Å². The van der Waals surface area contributed by atoms with Gasteiger partial charge in [0, 0.05) is 5.02 Å². The number of methoxy groups -OCH3 is 1.